The van der Waals surface area contributed by atoms with Crippen LogP contribution in [-0.4, -0.2) is 41.5 Å². The van der Waals surface area contributed by atoms with E-state index in [1.807, 2.05) is 0 Å². The second-order valence-electron chi connectivity index (χ2n) is 5.81. The molecule has 1 aliphatic heterocycles. The maximum Gasteiger partial charge on any atom is 0.319 e. The van der Waals surface area contributed by atoms with Crippen molar-refractivity contribution >= 4 is 23.5 Å². The summed E-state index contributed by atoms with van der Waals surface area (Å²) in [7, 11) is 0. The van der Waals surface area contributed by atoms with Crippen LogP contribution in [-0.2, 0) is 11.3 Å². The Morgan fingerprint density at radius 2 is 2.18 bits per heavy atom. The molecule has 1 aliphatic carbocycles. The maximum absolute atomic E-state index is 13.1. The third-order valence-corrected chi connectivity index (χ3v) is 4.20. The molecular formula is C15H17ClFN3O2. The largest absolute Gasteiger partial charge is 0.334 e. The number of carbonyl (C=O) groups is 2. The summed E-state index contributed by atoms with van der Waals surface area (Å²) in [6.45, 7) is 1.44. The summed E-state index contributed by atoms with van der Waals surface area (Å²) in [6, 6.07) is 4.01. The number of hydrogen-bond acceptors (Lipinski definition) is 2. The molecule has 3 amide bonds. The molecule has 118 valence electrons. The van der Waals surface area contributed by atoms with Crippen LogP contribution in [0.4, 0.5) is 9.18 Å². The summed E-state index contributed by atoms with van der Waals surface area (Å²) < 4.78 is 13.1. The van der Waals surface area contributed by atoms with Crippen LogP contribution < -0.4 is 5.32 Å². The average Bonchev–Trinajstić information content (AvgIpc) is 3.23. The highest BCUT2D eigenvalue weighted by Gasteiger charge is 2.34. The van der Waals surface area contributed by atoms with Crippen molar-refractivity contribution in [2.24, 2.45) is 5.92 Å². The minimum Gasteiger partial charge on any atom is -0.334 e. The first-order chi connectivity index (χ1) is 10.5. The monoisotopic (exact) mass is 325 g/mol. The second-order valence-corrected chi connectivity index (χ2v) is 6.21. The van der Waals surface area contributed by atoms with Gasteiger partial charge in [-0.2, -0.15) is 0 Å². The van der Waals surface area contributed by atoms with Crippen LogP contribution in [0.1, 0.15) is 18.4 Å². The molecule has 1 aromatic rings. The van der Waals surface area contributed by atoms with E-state index in [4.69, 9.17) is 11.6 Å². The molecule has 1 saturated carbocycles. The van der Waals surface area contributed by atoms with Crippen molar-refractivity contribution in [1.82, 2.24) is 15.1 Å². The third kappa shape index (κ3) is 3.50. The van der Waals surface area contributed by atoms with Gasteiger partial charge in [-0.25, -0.2) is 9.18 Å². The van der Waals surface area contributed by atoms with Gasteiger partial charge in [-0.1, -0.05) is 17.7 Å². The highest BCUT2D eigenvalue weighted by molar-refractivity contribution is 6.30. The zero-order valence-corrected chi connectivity index (χ0v) is 12.8. The summed E-state index contributed by atoms with van der Waals surface area (Å²) in [5, 5.41) is 2.75. The van der Waals surface area contributed by atoms with E-state index in [1.54, 1.807) is 11.0 Å². The molecule has 3 rings (SSSR count). The van der Waals surface area contributed by atoms with Gasteiger partial charge in [-0.3, -0.25) is 9.69 Å². The minimum atomic E-state index is -0.488. The third-order valence-electron chi connectivity index (χ3n) is 3.91. The van der Waals surface area contributed by atoms with Crippen molar-refractivity contribution in [2.45, 2.75) is 19.4 Å². The van der Waals surface area contributed by atoms with Gasteiger partial charge >= 0.3 is 6.03 Å². The number of carbonyl (C=O) groups excluding carboxylic acids is 2. The first kappa shape index (κ1) is 15.1. The van der Waals surface area contributed by atoms with Crippen molar-refractivity contribution in [3.8, 4) is 0 Å². The minimum absolute atomic E-state index is 0.00752. The first-order valence-corrected chi connectivity index (χ1v) is 7.65. The predicted molar refractivity (Wildman–Crippen MR) is 79.7 cm³/mol. The van der Waals surface area contributed by atoms with Crippen LogP contribution in [0, 0.1) is 11.7 Å². The lowest BCUT2D eigenvalue weighted by Crippen LogP contribution is -2.39. The molecule has 22 heavy (non-hydrogen) atoms. The zero-order chi connectivity index (χ0) is 15.7. The quantitative estimate of drug-likeness (QED) is 0.922. The van der Waals surface area contributed by atoms with E-state index in [0.29, 0.717) is 18.2 Å². The average molecular weight is 326 g/mol. The Morgan fingerprint density at radius 1 is 1.41 bits per heavy atom. The van der Waals surface area contributed by atoms with E-state index >= 15 is 0 Å². The fraction of sp³-hybridized carbons (Fsp3) is 0.467. The lowest BCUT2D eigenvalue weighted by atomic mass is 10.2. The van der Waals surface area contributed by atoms with E-state index in [9.17, 15) is 14.0 Å². The molecule has 7 heteroatoms. The molecule has 0 unspecified atom stereocenters. The summed E-state index contributed by atoms with van der Waals surface area (Å²) in [5.41, 5.74) is 0.708. The van der Waals surface area contributed by atoms with Gasteiger partial charge in [0.1, 0.15) is 12.4 Å². The number of benzene rings is 1. The molecule has 1 saturated heterocycles. The van der Waals surface area contributed by atoms with Crippen molar-refractivity contribution in [1.29, 1.82) is 0 Å². The highest BCUT2D eigenvalue weighted by Crippen LogP contribution is 2.30. The molecule has 0 bridgehead atoms. The summed E-state index contributed by atoms with van der Waals surface area (Å²) in [5.74, 6) is 0.109. The van der Waals surface area contributed by atoms with Crippen LogP contribution in [0.2, 0.25) is 5.02 Å². The van der Waals surface area contributed by atoms with E-state index in [1.165, 1.54) is 29.9 Å². The van der Waals surface area contributed by atoms with Crippen molar-refractivity contribution in [3.63, 3.8) is 0 Å². The van der Waals surface area contributed by atoms with Gasteiger partial charge in [0.15, 0.2) is 0 Å². The first-order valence-electron chi connectivity index (χ1n) is 7.27. The summed E-state index contributed by atoms with van der Waals surface area (Å²) in [4.78, 5) is 27.2. The van der Waals surface area contributed by atoms with E-state index in [0.717, 1.165) is 6.54 Å². The summed E-state index contributed by atoms with van der Waals surface area (Å²) in [6.07, 6.45) is 2.34. The SMILES string of the molecule is O=C1CN(C(=O)NCc2ccc(F)c(Cl)c2)CN1CC1CC1. The molecular weight excluding hydrogens is 309 g/mol. The van der Waals surface area contributed by atoms with Crippen LogP contribution in [0.3, 0.4) is 0 Å². The molecule has 2 fully saturated rings. The van der Waals surface area contributed by atoms with Gasteiger partial charge in [0.25, 0.3) is 0 Å². The van der Waals surface area contributed by atoms with Gasteiger partial charge in [-0.05, 0) is 36.5 Å². The van der Waals surface area contributed by atoms with E-state index < -0.39 is 5.82 Å². The molecule has 1 N–H and O–H groups in total. The number of urea groups is 1. The van der Waals surface area contributed by atoms with Crippen molar-refractivity contribution in [3.05, 3.63) is 34.6 Å². The number of rotatable bonds is 4. The maximum atomic E-state index is 13.1. The predicted octanol–water partition coefficient (Wildman–Crippen LogP) is 2.20. The second kappa shape index (κ2) is 6.12. The molecule has 1 aromatic carbocycles. The summed E-state index contributed by atoms with van der Waals surface area (Å²) >= 11 is 5.70. The van der Waals surface area contributed by atoms with E-state index in [2.05, 4.69) is 5.32 Å². The van der Waals surface area contributed by atoms with Crippen LogP contribution in [0.25, 0.3) is 0 Å². The van der Waals surface area contributed by atoms with Gasteiger partial charge in [-0.15, -0.1) is 0 Å². The number of halogens is 2. The Bertz CT molecular complexity index is 606. The number of nitrogens with one attached hydrogen (secondary N) is 1. The molecule has 0 spiro atoms. The Labute approximate surface area is 133 Å². The Balaban J connectivity index is 1.51. The molecule has 0 atom stereocenters. The highest BCUT2D eigenvalue weighted by atomic mass is 35.5. The number of nitrogens with zero attached hydrogens (tertiary/aromatic N) is 2. The molecule has 1 heterocycles. The molecule has 0 aromatic heterocycles. The Kier molecular flexibility index (Phi) is 4.20. The normalized spacial score (nSPS) is 18.0. The molecule has 0 radical (unpaired) electrons. The van der Waals surface area contributed by atoms with Crippen LogP contribution in [0.5, 0.6) is 0 Å². The van der Waals surface area contributed by atoms with Crippen LogP contribution >= 0.6 is 11.6 Å². The standard InChI is InChI=1S/C15H17ClFN3O2/c16-12-5-11(3-4-13(12)17)6-18-15(22)20-8-14(21)19(9-20)7-10-1-2-10/h3-5,10H,1-2,6-9H2,(H,18,22). The number of amides is 3. The van der Waals surface area contributed by atoms with Crippen LogP contribution in [0.15, 0.2) is 18.2 Å². The van der Waals surface area contributed by atoms with E-state index in [-0.39, 0.29) is 30.1 Å². The lowest BCUT2D eigenvalue weighted by molar-refractivity contribution is -0.126. The number of hydrogen-bond donors (Lipinski definition) is 1. The fourth-order valence-corrected chi connectivity index (χ4v) is 2.65. The van der Waals surface area contributed by atoms with Crippen molar-refractivity contribution in [2.75, 3.05) is 19.8 Å². The lowest BCUT2D eigenvalue weighted by Gasteiger charge is -2.18. The molecule has 5 nitrogen and oxygen atoms in total. The Hall–Kier alpha value is -1.82. The molecule has 2 aliphatic rings. The van der Waals surface area contributed by atoms with Gasteiger partial charge in [0.05, 0.1) is 11.7 Å². The van der Waals surface area contributed by atoms with Crippen molar-refractivity contribution < 1.29 is 14.0 Å². The fourth-order valence-electron chi connectivity index (χ4n) is 2.44. The topological polar surface area (TPSA) is 52.7 Å². The van der Waals surface area contributed by atoms with Gasteiger partial charge in [0.2, 0.25) is 5.91 Å². The van der Waals surface area contributed by atoms with Gasteiger partial charge < -0.3 is 10.2 Å². The smallest absolute Gasteiger partial charge is 0.319 e. The Morgan fingerprint density at radius 3 is 2.86 bits per heavy atom. The van der Waals surface area contributed by atoms with Gasteiger partial charge in [0, 0.05) is 13.1 Å². The zero-order valence-electron chi connectivity index (χ0n) is 12.0.